The highest BCUT2D eigenvalue weighted by Crippen LogP contribution is 2.21. The Bertz CT molecular complexity index is 256. The van der Waals surface area contributed by atoms with E-state index in [-0.39, 0.29) is 25.4 Å². The Balaban J connectivity index is 2.69. The second kappa shape index (κ2) is 3.93. The van der Waals surface area contributed by atoms with E-state index < -0.39 is 11.6 Å². The zero-order chi connectivity index (χ0) is 10.8. The monoisotopic (exact) mass is 202 g/mol. The largest absolute Gasteiger partial charge is 0.479 e. The molecule has 0 aromatic carbocycles. The molecule has 1 amide bonds. The van der Waals surface area contributed by atoms with Crippen LogP contribution in [0.4, 0.5) is 0 Å². The highest BCUT2D eigenvalue weighted by Gasteiger charge is 2.41. The van der Waals surface area contributed by atoms with Crippen LogP contribution in [0.1, 0.15) is 12.8 Å². The summed E-state index contributed by atoms with van der Waals surface area (Å²) in [6.45, 7) is 0.139. The Hall–Kier alpha value is -1.14. The Kier molecular flexibility index (Phi) is 3.07. The van der Waals surface area contributed by atoms with Crippen LogP contribution in [0.25, 0.3) is 0 Å². The molecule has 0 saturated carbocycles. The minimum atomic E-state index is -1.80. The summed E-state index contributed by atoms with van der Waals surface area (Å²) in [5.41, 5.74) is 3.34. The van der Waals surface area contributed by atoms with Crippen molar-refractivity contribution < 1.29 is 19.8 Å². The third-order valence-electron chi connectivity index (χ3n) is 2.40. The van der Waals surface area contributed by atoms with Crippen molar-refractivity contribution in [3.8, 4) is 0 Å². The number of aliphatic hydroxyl groups is 1. The minimum absolute atomic E-state index is 0.157. The molecule has 14 heavy (non-hydrogen) atoms. The van der Waals surface area contributed by atoms with E-state index in [1.165, 1.54) is 4.90 Å². The molecule has 0 spiro atoms. The van der Waals surface area contributed by atoms with Crippen LogP contribution >= 0.6 is 0 Å². The number of carbonyl (C=O) groups excluding carboxylic acids is 1. The van der Waals surface area contributed by atoms with Crippen LogP contribution in [-0.2, 0) is 9.59 Å². The lowest BCUT2D eigenvalue weighted by molar-refractivity contribution is -0.166. The molecular formula is C8H14N2O4. The molecular weight excluding hydrogens is 188 g/mol. The maximum Gasteiger partial charge on any atom is 0.337 e. The molecule has 0 aliphatic carbocycles. The van der Waals surface area contributed by atoms with Gasteiger partial charge in [0, 0.05) is 6.54 Å². The second-order valence-electron chi connectivity index (χ2n) is 3.46. The van der Waals surface area contributed by atoms with E-state index in [1.54, 1.807) is 0 Å². The lowest BCUT2D eigenvalue weighted by Gasteiger charge is -2.36. The first-order chi connectivity index (χ1) is 6.49. The molecule has 6 nitrogen and oxygen atoms in total. The quantitative estimate of drug-likeness (QED) is 0.499. The van der Waals surface area contributed by atoms with Gasteiger partial charge in [0.05, 0.1) is 13.1 Å². The molecule has 1 heterocycles. The van der Waals surface area contributed by atoms with Crippen molar-refractivity contribution in [3.05, 3.63) is 0 Å². The summed E-state index contributed by atoms with van der Waals surface area (Å²) < 4.78 is 0. The van der Waals surface area contributed by atoms with Gasteiger partial charge in [-0.3, -0.25) is 4.79 Å². The molecule has 0 aromatic heterocycles. The maximum atomic E-state index is 11.2. The molecule has 1 atom stereocenters. The number of hydrogen-bond acceptors (Lipinski definition) is 4. The number of aliphatic carboxylic acids is 1. The highest BCUT2D eigenvalue weighted by molar-refractivity contribution is 5.82. The minimum Gasteiger partial charge on any atom is -0.479 e. The first-order valence-corrected chi connectivity index (χ1v) is 4.43. The zero-order valence-electron chi connectivity index (χ0n) is 7.77. The lowest BCUT2D eigenvalue weighted by Crippen LogP contribution is -2.55. The number of nitrogens with two attached hydrogens (primary N) is 1. The molecule has 80 valence electrons. The van der Waals surface area contributed by atoms with E-state index in [0.717, 1.165) is 0 Å². The molecule has 1 aliphatic heterocycles. The van der Waals surface area contributed by atoms with Crippen LogP contribution in [0, 0.1) is 0 Å². The predicted molar refractivity (Wildman–Crippen MR) is 47.5 cm³/mol. The number of carbonyl (C=O) groups is 2. The number of rotatable bonds is 2. The summed E-state index contributed by atoms with van der Waals surface area (Å²) >= 11 is 0. The van der Waals surface area contributed by atoms with Crippen molar-refractivity contribution in [3.63, 3.8) is 0 Å². The Morgan fingerprint density at radius 2 is 2.14 bits per heavy atom. The first kappa shape index (κ1) is 10.9. The SMILES string of the molecule is NCC(=O)N1CCCC(O)(C(=O)O)C1. The van der Waals surface area contributed by atoms with Crippen LogP contribution in [0.2, 0.25) is 0 Å². The van der Waals surface area contributed by atoms with E-state index >= 15 is 0 Å². The number of amides is 1. The standard InChI is InChI=1S/C8H14N2O4/c9-4-6(11)10-3-1-2-8(14,5-10)7(12)13/h14H,1-5,9H2,(H,12,13). The number of hydrogen-bond donors (Lipinski definition) is 3. The average molecular weight is 202 g/mol. The van der Waals surface area contributed by atoms with Crippen LogP contribution < -0.4 is 5.73 Å². The number of carboxylic acids is 1. The van der Waals surface area contributed by atoms with Gasteiger partial charge in [0.1, 0.15) is 0 Å². The van der Waals surface area contributed by atoms with Crippen LogP contribution in [0.15, 0.2) is 0 Å². The van der Waals surface area contributed by atoms with Gasteiger partial charge in [-0.25, -0.2) is 4.79 Å². The summed E-state index contributed by atoms with van der Waals surface area (Å²) in [4.78, 5) is 23.2. The Morgan fingerprint density at radius 1 is 1.50 bits per heavy atom. The molecule has 0 aromatic rings. The van der Waals surface area contributed by atoms with E-state index in [1.807, 2.05) is 0 Å². The molecule has 6 heteroatoms. The van der Waals surface area contributed by atoms with Crippen LogP contribution in [0.3, 0.4) is 0 Å². The van der Waals surface area contributed by atoms with Crippen molar-refractivity contribution in [2.24, 2.45) is 5.73 Å². The van der Waals surface area contributed by atoms with Gasteiger partial charge in [-0.15, -0.1) is 0 Å². The summed E-state index contributed by atoms with van der Waals surface area (Å²) in [5.74, 6) is -1.61. The summed E-state index contributed by atoms with van der Waals surface area (Å²) in [6.07, 6.45) is 0.658. The number of nitrogens with zero attached hydrogens (tertiary/aromatic N) is 1. The highest BCUT2D eigenvalue weighted by atomic mass is 16.4. The van der Waals surface area contributed by atoms with Gasteiger partial charge in [0.2, 0.25) is 5.91 Å². The molecule has 1 aliphatic rings. The van der Waals surface area contributed by atoms with E-state index in [2.05, 4.69) is 0 Å². The Morgan fingerprint density at radius 3 is 2.64 bits per heavy atom. The molecule has 1 unspecified atom stereocenters. The summed E-state index contributed by atoms with van der Waals surface area (Å²) in [5, 5.41) is 18.4. The number of carboxylic acid groups (broad SMARTS) is 1. The van der Waals surface area contributed by atoms with Gasteiger partial charge in [-0.05, 0) is 12.8 Å². The van der Waals surface area contributed by atoms with Crippen LogP contribution in [-0.4, -0.2) is 52.2 Å². The molecule has 1 fully saturated rings. The van der Waals surface area contributed by atoms with Crippen molar-refractivity contribution >= 4 is 11.9 Å². The fourth-order valence-electron chi connectivity index (χ4n) is 1.55. The topological polar surface area (TPSA) is 104 Å². The van der Waals surface area contributed by atoms with E-state index in [0.29, 0.717) is 13.0 Å². The van der Waals surface area contributed by atoms with Gasteiger partial charge in [-0.1, -0.05) is 0 Å². The third kappa shape index (κ3) is 2.02. The van der Waals surface area contributed by atoms with Gasteiger partial charge in [-0.2, -0.15) is 0 Å². The zero-order valence-corrected chi connectivity index (χ0v) is 7.77. The predicted octanol–water partition coefficient (Wildman–Crippen LogP) is -1.62. The number of β-amino-alcohol motifs (C(OH)–C–C–N with tert-alkyl or cyclic N) is 1. The Labute approximate surface area is 81.3 Å². The van der Waals surface area contributed by atoms with Crippen LogP contribution in [0.5, 0.6) is 0 Å². The van der Waals surface area contributed by atoms with Crippen molar-refractivity contribution in [2.75, 3.05) is 19.6 Å². The molecule has 1 rings (SSSR count). The van der Waals surface area contributed by atoms with Gasteiger partial charge >= 0.3 is 5.97 Å². The second-order valence-corrected chi connectivity index (χ2v) is 3.46. The molecule has 4 N–H and O–H groups in total. The summed E-state index contributed by atoms with van der Waals surface area (Å²) in [7, 11) is 0. The average Bonchev–Trinajstić information content (AvgIpc) is 2.16. The number of piperidine rings is 1. The number of likely N-dealkylation sites (tertiary alicyclic amines) is 1. The molecule has 0 radical (unpaired) electrons. The van der Waals surface area contributed by atoms with E-state index in [9.17, 15) is 14.7 Å². The fourth-order valence-corrected chi connectivity index (χ4v) is 1.55. The van der Waals surface area contributed by atoms with Crippen molar-refractivity contribution in [1.29, 1.82) is 0 Å². The fraction of sp³-hybridized carbons (Fsp3) is 0.750. The molecule has 0 bridgehead atoms. The third-order valence-corrected chi connectivity index (χ3v) is 2.40. The smallest absolute Gasteiger partial charge is 0.337 e. The van der Waals surface area contributed by atoms with Crippen molar-refractivity contribution in [2.45, 2.75) is 18.4 Å². The van der Waals surface area contributed by atoms with Gasteiger partial charge < -0.3 is 20.8 Å². The first-order valence-electron chi connectivity index (χ1n) is 4.43. The van der Waals surface area contributed by atoms with Gasteiger partial charge in [0.25, 0.3) is 0 Å². The lowest BCUT2D eigenvalue weighted by atomic mass is 9.93. The van der Waals surface area contributed by atoms with Gasteiger partial charge in [0.15, 0.2) is 5.60 Å². The normalized spacial score (nSPS) is 27.4. The molecule has 1 saturated heterocycles. The summed E-state index contributed by atoms with van der Waals surface area (Å²) in [6, 6.07) is 0. The maximum absolute atomic E-state index is 11.2. The van der Waals surface area contributed by atoms with Crippen molar-refractivity contribution in [1.82, 2.24) is 4.90 Å². The van der Waals surface area contributed by atoms with E-state index in [4.69, 9.17) is 10.8 Å².